The van der Waals surface area contributed by atoms with Crippen molar-refractivity contribution in [3.8, 4) is 16.8 Å². The number of aromatic nitrogens is 1. The minimum Gasteiger partial charge on any atom is -0.456 e. The summed E-state index contributed by atoms with van der Waals surface area (Å²) in [6.45, 7) is 0. The van der Waals surface area contributed by atoms with Gasteiger partial charge in [-0.25, -0.2) is 0 Å². The molecule has 1 aliphatic rings. The van der Waals surface area contributed by atoms with Gasteiger partial charge in [-0.1, -0.05) is 121 Å². The average Bonchev–Trinajstić information content (AvgIpc) is 3.96. The van der Waals surface area contributed by atoms with Gasteiger partial charge in [-0.3, -0.25) is 0 Å². The van der Waals surface area contributed by atoms with Gasteiger partial charge >= 0.3 is 0 Å². The van der Waals surface area contributed by atoms with Gasteiger partial charge in [0, 0.05) is 55.7 Å². The van der Waals surface area contributed by atoms with Gasteiger partial charge in [0.2, 0.25) is 0 Å². The van der Waals surface area contributed by atoms with E-state index in [1.807, 2.05) is 18.2 Å². The Kier molecular flexibility index (Phi) is 7.32. The summed E-state index contributed by atoms with van der Waals surface area (Å²) in [5.41, 5.74) is 13.6. The van der Waals surface area contributed by atoms with Crippen LogP contribution in [0, 0.1) is 0 Å². The van der Waals surface area contributed by atoms with E-state index in [0.29, 0.717) is 0 Å². The molecule has 0 fully saturated rings. The minimum absolute atomic E-state index is 0.255. The molecule has 1 aliphatic carbocycles. The molecular formula is C54H36N2O2. The molecule has 0 spiro atoms. The Labute approximate surface area is 334 Å². The molecule has 0 amide bonds. The first kappa shape index (κ1) is 32.7. The van der Waals surface area contributed by atoms with Gasteiger partial charge in [0.05, 0.1) is 22.4 Å². The highest BCUT2D eigenvalue weighted by atomic mass is 16.3. The lowest BCUT2D eigenvalue weighted by atomic mass is 9.90. The van der Waals surface area contributed by atoms with Crippen molar-refractivity contribution in [3.63, 3.8) is 0 Å². The molecule has 274 valence electrons. The molecule has 3 aromatic heterocycles. The van der Waals surface area contributed by atoms with E-state index in [0.717, 1.165) is 84.2 Å². The van der Waals surface area contributed by atoms with Crippen LogP contribution in [0.5, 0.6) is 0 Å². The third kappa shape index (κ3) is 5.15. The summed E-state index contributed by atoms with van der Waals surface area (Å²) in [4.78, 5) is 2.34. The van der Waals surface area contributed by atoms with Gasteiger partial charge in [0.15, 0.2) is 5.58 Å². The first-order valence-corrected chi connectivity index (χ1v) is 19.9. The van der Waals surface area contributed by atoms with Crippen LogP contribution in [0.4, 0.5) is 17.1 Å². The lowest BCUT2D eigenvalue weighted by molar-refractivity contribution is 0.667. The molecule has 1 atom stereocenters. The van der Waals surface area contributed by atoms with Crippen LogP contribution in [0.15, 0.2) is 209 Å². The SMILES string of the molecule is C1=CCC(c2cc(N(c3ccc(-c4ccc5c6ccccc6n(-c6ccccc6)c5c4)cc3)c3ccc4c(c3)oc3ccccc34)c3oc4ccccc4c3c2)C=C1. The van der Waals surface area contributed by atoms with Crippen molar-refractivity contribution in [2.24, 2.45) is 0 Å². The first-order chi connectivity index (χ1) is 28.7. The lowest BCUT2D eigenvalue weighted by Crippen LogP contribution is -2.11. The third-order valence-electron chi connectivity index (χ3n) is 11.9. The maximum atomic E-state index is 6.79. The van der Waals surface area contributed by atoms with E-state index in [1.54, 1.807) is 0 Å². The van der Waals surface area contributed by atoms with Gasteiger partial charge in [-0.15, -0.1) is 0 Å². The van der Waals surface area contributed by atoms with Crippen molar-refractivity contribution in [2.45, 2.75) is 12.3 Å². The van der Waals surface area contributed by atoms with Crippen molar-refractivity contribution in [2.75, 3.05) is 4.90 Å². The number of para-hydroxylation sites is 4. The fraction of sp³-hybridized carbons (Fsp3) is 0.0370. The molecule has 0 radical (unpaired) electrons. The van der Waals surface area contributed by atoms with Crippen LogP contribution < -0.4 is 4.90 Å². The number of rotatable bonds is 6. The molecule has 12 rings (SSSR count). The van der Waals surface area contributed by atoms with Crippen LogP contribution >= 0.6 is 0 Å². The van der Waals surface area contributed by atoms with Gasteiger partial charge in [0.1, 0.15) is 16.7 Å². The molecule has 0 N–H and O–H groups in total. The Morgan fingerprint density at radius 1 is 0.466 bits per heavy atom. The van der Waals surface area contributed by atoms with Crippen LogP contribution in [0.1, 0.15) is 17.9 Å². The van der Waals surface area contributed by atoms with E-state index in [4.69, 9.17) is 8.83 Å². The number of hydrogen-bond donors (Lipinski definition) is 0. The highest BCUT2D eigenvalue weighted by Gasteiger charge is 2.24. The summed E-state index contributed by atoms with van der Waals surface area (Å²) in [6, 6.07) is 63.0. The van der Waals surface area contributed by atoms with E-state index in [-0.39, 0.29) is 5.92 Å². The third-order valence-corrected chi connectivity index (χ3v) is 11.9. The summed E-state index contributed by atoms with van der Waals surface area (Å²) in [7, 11) is 0. The molecule has 0 saturated heterocycles. The second-order valence-corrected chi connectivity index (χ2v) is 15.3. The topological polar surface area (TPSA) is 34.5 Å². The zero-order chi connectivity index (χ0) is 38.2. The van der Waals surface area contributed by atoms with E-state index >= 15 is 0 Å². The molecule has 8 aromatic carbocycles. The monoisotopic (exact) mass is 744 g/mol. The normalized spacial score (nSPS) is 14.2. The highest BCUT2D eigenvalue weighted by molar-refractivity contribution is 6.12. The molecule has 58 heavy (non-hydrogen) atoms. The van der Waals surface area contributed by atoms with Crippen LogP contribution in [-0.2, 0) is 0 Å². The van der Waals surface area contributed by atoms with Crippen molar-refractivity contribution in [1.82, 2.24) is 4.57 Å². The van der Waals surface area contributed by atoms with Crippen LogP contribution in [0.2, 0.25) is 0 Å². The molecule has 4 heteroatoms. The number of nitrogens with zero attached hydrogens (tertiary/aromatic N) is 2. The van der Waals surface area contributed by atoms with Crippen molar-refractivity contribution >= 4 is 82.7 Å². The smallest absolute Gasteiger partial charge is 0.159 e. The molecule has 3 heterocycles. The van der Waals surface area contributed by atoms with E-state index in [2.05, 4.69) is 191 Å². The largest absolute Gasteiger partial charge is 0.456 e. The number of anilines is 3. The Morgan fingerprint density at radius 3 is 1.93 bits per heavy atom. The predicted octanol–water partition coefficient (Wildman–Crippen LogP) is 15.3. The Balaban J connectivity index is 1.05. The van der Waals surface area contributed by atoms with Crippen molar-refractivity contribution in [3.05, 3.63) is 206 Å². The van der Waals surface area contributed by atoms with Crippen LogP contribution in [0.3, 0.4) is 0 Å². The predicted molar refractivity (Wildman–Crippen MR) is 241 cm³/mol. The molecular weight excluding hydrogens is 709 g/mol. The van der Waals surface area contributed by atoms with Gasteiger partial charge < -0.3 is 18.3 Å². The number of fused-ring (bicyclic) bond motifs is 9. The molecule has 1 unspecified atom stereocenters. The fourth-order valence-electron chi connectivity index (χ4n) is 9.13. The number of allylic oxidation sites excluding steroid dienone is 4. The molecule has 0 aliphatic heterocycles. The summed E-state index contributed by atoms with van der Waals surface area (Å²) in [5.74, 6) is 0.255. The zero-order valence-electron chi connectivity index (χ0n) is 31.5. The van der Waals surface area contributed by atoms with Crippen LogP contribution in [0.25, 0.3) is 82.5 Å². The summed E-state index contributed by atoms with van der Waals surface area (Å²) in [6.07, 6.45) is 9.81. The molecule has 11 aromatic rings. The summed E-state index contributed by atoms with van der Waals surface area (Å²) >= 11 is 0. The van der Waals surface area contributed by atoms with Gasteiger partial charge in [-0.05, 0) is 95.9 Å². The Bertz CT molecular complexity index is 3430. The number of benzene rings is 8. The number of furan rings is 2. The summed E-state index contributed by atoms with van der Waals surface area (Å²) < 4.78 is 15.6. The van der Waals surface area contributed by atoms with E-state index in [1.165, 1.54) is 27.4 Å². The van der Waals surface area contributed by atoms with Crippen LogP contribution in [-0.4, -0.2) is 4.57 Å². The average molecular weight is 745 g/mol. The molecule has 4 nitrogen and oxygen atoms in total. The minimum atomic E-state index is 0.255. The zero-order valence-corrected chi connectivity index (χ0v) is 31.5. The maximum absolute atomic E-state index is 6.79. The Morgan fingerprint density at radius 2 is 1.12 bits per heavy atom. The quantitative estimate of drug-likeness (QED) is 0.170. The van der Waals surface area contributed by atoms with E-state index < -0.39 is 0 Å². The molecule has 0 saturated carbocycles. The number of hydrogen-bond acceptors (Lipinski definition) is 3. The second-order valence-electron chi connectivity index (χ2n) is 15.3. The second kappa shape index (κ2) is 13.0. The standard InChI is InChI=1S/C54H36N2O2/c1-3-13-35(14-4-1)38-31-47-45-19-9-12-22-52(45)58-54(47)50(33-38)55(41-28-30-46-44-18-8-11-21-51(44)57-53(46)34-41)40-26-23-36(24-27-40)37-25-29-43-42-17-7-10-20-48(42)56(49(43)32-37)39-15-5-2-6-16-39/h1-13,15-35H,14H2. The Hall–Kier alpha value is -7.56. The van der Waals surface area contributed by atoms with Gasteiger partial charge in [-0.2, -0.15) is 0 Å². The first-order valence-electron chi connectivity index (χ1n) is 19.9. The lowest BCUT2D eigenvalue weighted by Gasteiger charge is -2.27. The van der Waals surface area contributed by atoms with E-state index in [9.17, 15) is 0 Å². The molecule has 0 bridgehead atoms. The maximum Gasteiger partial charge on any atom is 0.159 e. The van der Waals surface area contributed by atoms with Crippen molar-refractivity contribution < 1.29 is 8.83 Å². The van der Waals surface area contributed by atoms with Crippen molar-refractivity contribution in [1.29, 1.82) is 0 Å². The fourth-order valence-corrected chi connectivity index (χ4v) is 9.13. The van der Waals surface area contributed by atoms with Gasteiger partial charge in [0.25, 0.3) is 0 Å². The highest BCUT2D eigenvalue weighted by Crippen LogP contribution is 2.46. The summed E-state index contributed by atoms with van der Waals surface area (Å²) in [5, 5.41) is 6.92.